The van der Waals surface area contributed by atoms with Crippen molar-refractivity contribution >= 4 is 16.0 Å². The molecule has 1 amide bonds. The smallest absolute Gasteiger partial charge is 0.306 e. The Balaban J connectivity index is 3.15. The first kappa shape index (κ1) is 20.3. The van der Waals surface area contributed by atoms with Crippen LogP contribution in [-0.2, 0) is 21.5 Å². The first-order valence-corrected chi connectivity index (χ1v) is 9.77. The highest BCUT2D eigenvalue weighted by molar-refractivity contribution is 7.86. The lowest BCUT2D eigenvalue weighted by Crippen LogP contribution is -2.40. The van der Waals surface area contributed by atoms with Crippen molar-refractivity contribution in [1.82, 2.24) is 4.90 Å². The van der Waals surface area contributed by atoms with Crippen LogP contribution in [0.3, 0.4) is 0 Å². The number of carbonyl (C=O) groups is 1. The fourth-order valence-corrected chi connectivity index (χ4v) is 2.70. The number of hydrogen-bond acceptors (Lipinski definition) is 5. The van der Waals surface area contributed by atoms with E-state index < -0.39 is 10.1 Å². The quantitative estimate of drug-likeness (QED) is 0.669. The summed E-state index contributed by atoms with van der Waals surface area (Å²) in [7, 11) is -2.22. The molecule has 0 heterocycles. The van der Waals surface area contributed by atoms with Crippen molar-refractivity contribution in [3.8, 4) is 11.5 Å². The summed E-state index contributed by atoms with van der Waals surface area (Å²) >= 11 is 0. The van der Waals surface area contributed by atoms with E-state index in [1.165, 1.54) is 7.11 Å². The summed E-state index contributed by atoms with van der Waals surface area (Å²) in [5.41, 5.74) is 0.781. The van der Waals surface area contributed by atoms with Gasteiger partial charge in [-0.3, -0.25) is 4.79 Å². The molecule has 7 heteroatoms. The fourth-order valence-electron chi connectivity index (χ4n) is 2.25. The number of hydrogen-bond donors (Lipinski definition) is 0. The van der Waals surface area contributed by atoms with Gasteiger partial charge in [-0.15, -0.1) is 0 Å². The van der Waals surface area contributed by atoms with Gasteiger partial charge in [-0.25, -0.2) is 0 Å². The average Bonchev–Trinajstić information content (AvgIpc) is 2.49. The minimum absolute atomic E-state index is 0.0609. The van der Waals surface area contributed by atoms with E-state index in [1.54, 1.807) is 23.1 Å². The van der Waals surface area contributed by atoms with Crippen LogP contribution in [0.1, 0.15) is 39.7 Å². The van der Waals surface area contributed by atoms with Crippen LogP contribution in [0.4, 0.5) is 0 Å². The highest BCUT2D eigenvalue weighted by atomic mass is 32.2. The highest BCUT2D eigenvalue weighted by Crippen LogP contribution is 2.30. The predicted octanol–water partition coefficient (Wildman–Crippen LogP) is 2.82. The monoisotopic (exact) mass is 357 g/mol. The zero-order valence-electron chi connectivity index (χ0n) is 15.2. The van der Waals surface area contributed by atoms with Crippen LogP contribution in [0.15, 0.2) is 18.2 Å². The molecule has 0 aliphatic carbocycles. The van der Waals surface area contributed by atoms with E-state index in [0.29, 0.717) is 12.3 Å². The van der Waals surface area contributed by atoms with Crippen molar-refractivity contribution < 1.29 is 22.1 Å². The van der Waals surface area contributed by atoms with Crippen molar-refractivity contribution in [2.75, 3.05) is 13.4 Å². The maximum absolute atomic E-state index is 12.5. The van der Waals surface area contributed by atoms with E-state index in [9.17, 15) is 13.2 Å². The molecule has 1 rings (SSSR count). The van der Waals surface area contributed by atoms with E-state index in [2.05, 4.69) is 0 Å². The number of benzene rings is 1. The summed E-state index contributed by atoms with van der Waals surface area (Å²) in [5.74, 6) is 0.405. The molecular formula is C17H27NO5S. The van der Waals surface area contributed by atoms with Gasteiger partial charge in [-0.1, -0.05) is 26.8 Å². The average molecular weight is 357 g/mol. The molecule has 0 radical (unpaired) electrons. The summed E-state index contributed by atoms with van der Waals surface area (Å²) in [6, 6.07) is 5.13. The Kier molecular flexibility index (Phi) is 7.08. The Morgan fingerprint density at radius 1 is 1.21 bits per heavy atom. The molecule has 0 fully saturated rings. The summed E-state index contributed by atoms with van der Waals surface area (Å²) in [6.07, 6.45) is 1.81. The van der Waals surface area contributed by atoms with Gasteiger partial charge in [0.1, 0.15) is 0 Å². The molecule has 1 atom stereocenters. The van der Waals surface area contributed by atoms with Gasteiger partial charge in [0.05, 0.1) is 13.4 Å². The molecule has 0 spiro atoms. The van der Waals surface area contributed by atoms with Crippen LogP contribution in [0.2, 0.25) is 0 Å². The first-order chi connectivity index (χ1) is 11.1. The molecule has 136 valence electrons. The molecule has 0 unspecified atom stereocenters. The third-order valence-corrected chi connectivity index (χ3v) is 4.20. The minimum Gasteiger partial charge on any atom is -0.493 e. The van der Waals surface area contributed by atoms with Gasteiger partial charge in [0, 0.05) is 18.5 Å². The van der Waals surface area contributed by atoms with E-state index >= 15 is 0 Å². The third-order valence-electron chi connectivity index (χ3n) is 3.72. The molecule has 0 saturated carbocycles. The summed E-state index contributed by atoms with van der Waals surface area (Å²) in [4.78, 5) is 14.3. The molecular weight excluding hydrogens is 330 g/mol. The predicted molar refractivity (Wildman–Crippen MR) is 93.6 cm³/mol. The Labute approximate surface area is 144 Å². The molecule has 0 aliphatic rings. The minimum atomic E-state index is -3.67. The second-order valence-corrected chi connectivity index (χ2v) is 7.73. The zero-order valence-corrected chi connectivity index (χ0v) is 16.0. The molecule has 0 aromatic heterocycles. The molecule has 1 aromatic rings. The highest BCUT2D eigenvalue weighted by Gasteiger charge is 2.22. The molecule has 0 N–H and O–H groups in total. The van der Waals surface area contributed by atoms with E-state index in [0.717, 1.165) is 18.2 Å². The van der Waals surface area contributed by atoms with Crippen molar-refractivity contribution in [2.24, 2.45) is 5.92 Å². The van der Waals surface area contributed by atoms with E-state index in [-0.39, 0.29) is 23.6 Å². The van der Waals surface area contributed by atoms with Crippen LogP contribution in [0.25, 0.3) is 0 Å². The SMILES string of the molecule is CC[C@@H](C)N(Cc1ccc(OC)c(OS(C)(=O)=O)c1)C(=O)C(C)C. The number of nitrogens with zero attached hydrogens (tertiary/aromatic N) is 1. The normalized spacial score (nSPS) is 12.8. The van der Waals surface area contributed by atoms with Gasteiger partial charge >= 0.3 is 10.1 Å². The maximum atomic E-state index is 12.5. The summed E-state index contributed by atoms with van der Waals surface area (Å²) < 4.78 is 32.9. The summed E-state index contributed by atoms with van der Waals surface area (Å²) in [6.45, 7) is 8.14. The molecule has 0 saturated heterocycles. The van der Waals surface area contributed by atoms with Gasteiger partial charge in [0.2, 0.25) is 5.91 Å². The van der Waals surface area contributed by atoms with Crippen LogP contribution < -0.4 is 8.92 Å². The molecule has 1 aromatic carbocycles. The second-order valence-electron chi connectivity index (χ2n) is 6.15. The molecule has 0 bridgehead atoms. The van der Waals surface area contributed by atoms with Crippen molar-refractivity contribution in [3.63, 3.8) is 0 Å². The lowest BCUT2D eigenvalue weighted by molar-refractivity contribution is -0.137. The summed E-state index contributed by atoms with van der Waals surface area (Å²) in [5, 5.41) is 0. The van der Waals surface area contributed by atoms with E-state index in [4.69, 9.17) is 8.92 Å². The van der Waals surface area contributed by atoms with Crippen LogP contribution in [0, 0.1) is 5.92 Å². The molecule has 24 heavy (non-hydrogen) atoms. The first-order valence-electron chi connectivity index (χ1n) is 7.95. The standard InChI is InChI=1S/C17H27NO5S/c1-7-13(4)18(17(19)12(2)3)11-14-8-9-15(22-5)16(10-14)23-24(6,20)21/h8-10,12-13H,7,11H2,1-6H3/t13-/m1/s1. The number of rotatable bonds is 8. The second kappa shape index (κ2) is 8.37. The molecule has 0 aliphatic heterocycles. The van der Waals surface area contributed by atoms with Crippen molar-refractivity contribution in [2.45, 2.75) is 46.7 Å². The zero-order chi connectivity index (χ0) is 18.5. The van der Waals surface area contributed by atoms with Crippen LogP contribution in [0.5, 0.6) is 11.5 Å². The largest absolute Gasteiger partial charge is 0.493 e. The number of carbonyl (C=O) groups excluding carboxylic acids is 1. The van der Waals surface area contributed by atoms with Gasteiger partial charge in [0.25, 0.3) is 0 Å². The lowest BCUT2D eigenvalue weighted by Gasteiger charge is -2.30. The third kappa shape index (κ3) is 5.70. The lowest BCUT2D eigenvalue weighted by atomic mass is 10.1. The Morgan fingerprint density at radius 3 is 2.29 bits per heavy atom. The van der Waals surface area contributed by atoms with Gasteiger partial charge in [-0.05, 0) is 31.0 Å². The molecule has 6 nitrogen and oxygen atoms in total. The number of amides is 1. The Bertz CT molecular complexity index is 670. The van der Waals surface area contributed by atoms with Gasteiger partial charge < -0.3 is 13.8 Å². The van der Waals surface area contributed by atoms with Crippen molar-refractivity contribution in [3.05, 3.63) is 23.8 Å². The fraction of sp³-hybridized carbons (Fsp3) is 0.588. The number of ether oxygens (including phenoxy) is 1. The number of methoxy groups -OCH3 is 1. The van der Waals surface area contributed by atoms with Crippen molar-refractivity contribution in [1.29, 1.82) is 0 Å². The van der Waals surface area contributed by atoms with Gasteiger partial charge in [0.15, 0.2) is 11.5 Å². The maximum Gasteiger partial charge on any atom is 0.306 e. The van der Waals surface area contributed by atoms with Gasteiger partial charge in [-0.2, -0.15) is 8.42 Å². The Hall–Kier alpha value is -1.76. The Morgan fingerprint density at radius 2 is 1.83 bits per heavy atom. The van der Waals surface area contributed by atoms with E-state index in [1.807, 2.05) is 27.7 Å². The topological polar surface area (TPSA) is 72.9 Å². The van der Waals surface area contributed by atoms with Crippen LogP contribution >= 0.6 is 0 Å². The van der Waals surface area contributed by atoms with Crippen LogP contribution in [-0.4, -0.2) is 38.6 Å².